The minimum absolute atomic E-state index is 0.152. The second-order valence-electron chi connectivity index (χ2n) is 6.53. The van der Waals surface area contributed by atoms with E-state index in [-0.39, 0.29) is 18.2 Å². The quantitative estimate of drug-likeness (QED) is 0.336. The van der Waals surface area contributed by atoms with Crippen molar-refractivity contribution in [2.45, 2.75) is 22.7 Å². The third-order valence-corrected chi connectivity index (χ3v) is 8.32. The number of thiophene rings is 1. The van der Waals surface area contributed by atoms with Crippen LogP contribution in [0.5, 0.6) is 0 Å². The number of hydrogen-bond donors (Lipinski definition) is 1. The van der Waals surface area contributed by atoms with Crippen molar-refractivity contribution < 1.29 is 47.9 Å². The predicted molar refractivity (Wildman–Crippen MR) is 99.3 cm³/mol. The molecule has 2 aromatic heterocycles. The summed E-state index contributed by atoms with van der Waals surface area (Å²) in [6.45, 7) is 0. The number of halogens is 9. The Kier molecular flexibility index (Phi) is 5.98. The fourth-order valence-corrected chi connectivity index (χ4v) is 6.72. The Labute approximate surface area is 182 Å². The van der Waals surface area contributed by atoms with Crippen molar-refractivity contribution in [2.24, 2.45) is 7.05 Å². The zero-order valence-electron chi connectivity index (χ0n) is 16.0. The summed E-state index contributed by atoms with van der Waals surface area (Å²) >= 11 is 0. The van der Waals surface area contributed by atoms with Crippen molar-refractivity contribution in [2.75, 3.05) is 4.72 Å². The van der Waals surface area contributed by atoms with Gasteiger partial charge in [0.2, 0.25) is 10.6 Å². The predicted octanol–water partition coefficient (Wildman–Crippen LogP) is 6.02. The topological polar surface area (TPSA) is 64.0 Å². The van der Waals surface area contributed by atoms with Crippen LogP contribution in [0.25, 0.3) is 4.90 Å². The second-order valence-corrected chi connectivity index (χ2v) is 10.3. The van der Waals surface area contributed by atoms with Crippen LogP contribution in [0.15, 0.2) is 46.1 Å². The lowest BCUT2D eigenvalue weighted by atomic mass is 10.1. The molecular weight excluding hydrogens is 513 g/mol. The molecule has 1 aromatic carbocycles. The first-order valence-corrected chi connectivity index (χ1v) is 11.2. The number of nitrogens with one attached hydrogen (secondary N) is 1. The number of hydrogen-bond acceptors (Lipinski definition) is 3. The van der Waals surface area contributed by atoms with Crippen LogP contribution in [0, 0.1) is 0 Å². The minimum Gasteiger partial charge on any atom is -0.276 e. The highest BCUT2D eigenvalue weighted by Crippen LogP contribution is 2.46. The fraction of sp³-hybridized carbons (Fsp3) is 0.235. The van der Waals surface area contributed by atoms with E-state index in [1.807, 2.05) is 0 Å². The molecule has 1 unspecified atom stereocenters. The van der Waals surface area contributed by atoms with Crippen molar-refractivity contribution in [3.05, 3.63) is 58.7 Å². The number of aromatic nitrogens is 2. The van der Waals surface area contributed by atoms with E-state index in [4.69, 9.17) is 0 Å². The average Bonchev–Trinajstić information content (AvgIpc) is 3.25. The van der Waals surface area contributed by atoms with Gasteiger partial charge in [0.15, 0.2) is 0 Å². The molecule has 0 aliphatic carbocycles. The average molecular weight is 524 g/mol. The summed E-state index contributed by atoms with van der Waals surface area (Å²) in [7, 11) is -5.76. The molecule has 2 heterocycles. The SMILES string of the molecule is Cn1ncc(-[s+]2cccc2S(=O)(=O)Nc2cc(C(F)(F)F)cc(C(F)(F)F)c2)c1C(F)(F)F. The zero-order chi connectivity index (χ0) is 25.0. The second kappa shape index (κ2) is 7.93. The van der Waals surface area contributed by atoms with Crippen molar-refractivity contribution in [3.63, 3.8) is 0 Å². The highest BCUT2D eigenvalue weighted by molar-refractivity contribution is 7.95. The Morgan fingerprint density at radius 2 is 1.45 bits per heavy atom. The van der Waals surface area contributed by atoms with Crippen molar-refractivity contribution in [1.29, 1.82) is 0 Å². The summed E-state index contributed by atoms with van der Waals surface area (Å²) in [5.41, 5.74) is -5.84. The van der Waals surface area contributed by atoms with Gasteiger partial charge in [-0.1, -0.05) is 0 Å². The summed E-state index contributed by atoms with van der Waals surface area (Å²) < 4.78 is 145. The molecule has 0 bridgehead atoms. The van der Waals surface area contributed by atoms with Crippen molar-refractivity contribution in [1.82, 2.24) is 9.78 Å². The molecule has 180 valence electrons. The fourth-order valence-electron chi connectivity index (χ4n) is 2.85. The van der Waals surface area contributed by atoms with E-state index in [9.17, 15) is 47.9 Å². The van der Waals surface area contributed by atoms with Gasteiger partial charge < -0.3 is 0 Å². The molecule has 0 aliphatic heterocycles. The number of benzene rings is 1. The van der Waals surface area contributed by atoms with Crippen LogP contribution in [0.2, 0.25) is 0 Å². The highest BCUT2D eigenvalue weighted by atomic mass is 32.3. The maximum absolute atomic E-state index is 13.4. The smallest absolute Gasteiger partial charge is 0.276 e. The highest BCUT2D eigenvalue weighted by Gasteiger charge is 2.44. The largest absolute Gasteiger partial charge is 0.438 e. The lowest BCUT2D eigenvalue weighted by Gasteiger charge is -2.14. The molecule has 5 nitrogen and oxygen atoms in total. The number of alkyl halides is 9. The summed E-state index contributed by atoms with van der Waals surface area (Å²) in [5.74, 6) is 0. The van der Waals surface area contributed by atoms with E-state index in [2.05, 4.69) is 5.10 Å². The maximum atomic E-state index is 13.4. The number of sulfonamides is 1. The third kappa shape index (κ3) is 5.10. The van der Waals surface area contributed by atoms with Gasteiger partial charge >= 0.3 is 28.6 Å². The Bertz CT molecular complexity index is 1250. The summed E-state index contributed by atoms with van der Waals surface area (Å²) in [6, 6.07) is 2.12. The van der Waals surface area contributed by atoms with Crippen LogP contribution < -0.4 is 4.72 Å². The lowest BCUT2D eigenvalue weighted by molar-refractivity contribution is -0.144. The minimum atomic E-state index is -5.22. The zero-order valence-corrected chi connectivity index (χ0v) is 17.6. The first kappa shape index (κ1) is 24.9. The molecule has 0 aliphatic rings. The number of aryl methyl sites for hydroxylation is 1. The van der Waals surface area contributed by atoms with Crippen LogP contribution in [0.1, 0.15) is 16.8 Å². The first-order chi connectivity index (χ1) is 14.9. The van der Waals surface area contributed by atoms with Crippen LogP contribution in [-0.4, -0.2) is 18.2 Å². The van der Waals surface area contributed by atoms with Gasteiger partial charge in [-0.2, -0.15) is 53.0 Å². The molecule has 3 aromatic rings. The van der Waals surface area contributed by atoms with Gasteiger partial charge in [-0.05, 0) is 24.3 Å². The van der Waals surface area contributed by atoms with Crippen LogP contribution in [0.3, 0.4) is 0 Å². The van der Waals surface area contributed by atoms with Crippen molar-refractivity contribution in [3.8, 4) is 4.90 Å². The molecule has 0 saturated heterocycles. The van der Waals surface area contributed by atoms with Gasteiger partial charge in [-0.25, -0.2) is 0 Å². The van der Waals surface area contributed by atoms with E-state index in [0.29, 0.717) is 4.68 Å². The monoisotopic (exact) mass is 524 g/mol. The molecule has 3 rings (SSSR count). The van der Waals surface area contributed by atoms with Gasteiger partial charge in [-0.3, -0.25) is 9.40 Å². The standard InChI is InChI=1S/C17H11F9N3O2S2/c1-29-14(17(24,25)26)12(8-27-29)32-4-2-3-13(32)33(30,31)28-11-6-9(15(18,19)20)5-10(7-11)16(21,22)23/h2-8,28H,1H3/q+1. The van der Waals surface area contributed by atoms with E-state index in [1.165, 1.54) is 0 Å². The molecule has 0 fully saturated rings. The maximum Gasteiger partial charge on any atom is 0.438 e. The molecule has 0 radical (unpaired) electrons. The van der Waals surface area contributed by atoms with Crippen LogP contribution >= 0.6 is 10.5 Å². The van der Waals surface area contributed by atoms with E-state index >= 15 is 0 Å². The molecular formula is C17H11F9N3O2S2+. The van der Waals surface area contributed by atoms with Gasteiger partial charge in [-0.15, -0.1) is 0 Å². The van der Waals surface area contributed by atoms with Crippen molar-refractivity contribution >= 4 is 26.2 Å². The number of nitrogens with zero attached hydrogens (tertiary/aromatic N) is 2. The number of rotatable bonds is 4. The van der Waals surface area contributed by atoms with Gasteiger partial charge in [0.25, 0.3) is 4.21 Å². The molecule has 0 amide bonds. The summed E-state index contributed by atoms with van der Waals surface area (Å²) in [4.78, 5) is -0.532. The third-order valence-electron chi connectivity index (χ3n) is 4.18. The van der Waals surface area contributed by atoms with Crippen LogP contribution in [0.4, 0.5) is 45.2 Å². The van der Waals surface area contributed by atoms with Gasteiger partial charge in [0.05, 0.1) is 16.8 Å². The molecule has 0 saturated carbocycles. The van der Waals surface area contributed by atoms with Gasteiger partial charge in [0.1, 0.15) is 11.6 Å². The van der Waals surface area contributed by atoms with Gasteiger partial charge in [0, 0.05) is 23.6 Å². The Morgan fingerprint density at radius 1 is 0.909 bits per heavy atom. The van der Waals surface area contributed by atoms with E-state index in [0.717, 1.165) is 30.8 Å². The lowest BCUT2D eigenvalue weighted by Crippen LogP contribution is -2.16. The Balaban J connectivity index is 2.11. The number of anilines is 1. The molecule has 0 spiro atoms. The molecule has 33 heavy (non-hydrogen) atoms. The Hall–Kier alpha value is -2.75. The van der Waals surface area contributed by atoms with Crippen LogP contribution in [-0.2, 0) is 35.6 Å². The first-order valence-electron chi connectivity index (χ1n) is 8.44. The van der Waals surface area contributed by atoms with E-state index < -0.39 is 70.6 Å². The molecule has 1 N–H and O–H groups in total. The molecule has 1 atom stereocenters. The molecule has 16 heteroatoms. The van der Waals surface area contributed by atoms with E-state index in [1.54, 1.807) is 4.72 Å². The normalized spacial score (nSPS) is 13.9. The summed E-state index contributed by atoms with van der Waals surface area (Å²) in [6.07, 6.45) is -14.6. The summed E-state index contributed by atoms with van der Waals surface area (Å²) in [5, 5.41) is 4.59. The Morgan fingerprint density at radius 3 is 1.94 bits per heavy atom.